The van der Waals surface area contributed by atoms with E-state index in [0.717, 1.165) is 18.4 Å². The van der Waals surface area contributed by atoms with Crippen LogP contribution in [0.15, 0.2) is 18.2 Å². The van der Waals surface area contributed by atoms with Crippen molar-refractivity contribution in [3.05, 3.63) is 29.3 Å². The van der Waals surface area contributed by atoms with Gasteiger partial charge in [0.25, 0.3) is 0 Å². The van der Waals surface area contributed by atoms with Gasteiger partial charge in [0.05, 0.1) is 5.56 Å². The van der Waals surface area contributed by atoms with Crippen molar-refractivity contribution in [3.63, 3.8) is 0 Å². The maximum absolute atomic E-state index is 12.0. The number of rotatable bonds is 2. The Kier molecular flexibility index (Phi) is 4.24. The normalized spacial score (nSPS) is 17.2. The number of nitrogen functional groups attached to an aromatic ring is 1. The first kappa shape index (κ1) is 12.9. The lowest BCUT2D eigenvalue weighted by molar-refractivity contribution is 0.0267. The highest BCUT2D eigenvalue weighted by molar-refractivity contribution is 5.90. The van der Waals surface area contributed by atoms with Crippen molar-refractivity contribution in [2.45, 2.75) is 51.6 Å². The third-order valence-electron chi connectivity index (χ3n) is 3.58. The van der Waals surface area contributed by atoms with Gasteiger partial charge in [-0.05, 0) is 56.4 Å². The van der Waals surface area contributed by atoms with Crippen molar-refractivity contribution >= 4 is 11.7 Å². The Balaban J connectivity index is 1.99. The van der Waals surface area contributed by atoms with E-state index >= 15 is 0 Å². The van der Waals surface area contributed by atoms with Crippen LogP contribution in [0.4, 0.5) is 5.69 Å². The summed E-state index contributed by atoms with van der Waals surface area (Å²) >= 11 is 0. The van der Waals surface area contributed by atoms with Crippen molar-refractivity contribution in [1.82, 2.24) is 0 Å². The van der Waals surface area contributed by atoms with E-state index in [9.17, 15) is 4.79 Å². The minimum atomic E-state index is -0.218. The fourth-order valence-electron chi connectivity index (χ4n) is 2.38. The SMILES string of the molecule is Cc1cc(C(=O)OC2CCCCCC2)ccc1N. The second-order valence-electron chi connectivity index (χ2n) is 5.09. The van der Waals surface area contributed by atoms with Gasteiger partial charge >= 0.3 is 5.97 Å². The van der Waals surface area contributed by atoms with Gasteiger partial charge in [-0.2, -0.15) is 0 Å². The van der Waals surface area contributed by atoms with Crippen LogP contribution in [-0.2, 0) is 4.74 Å². The molecule has 0 unspecified atom stereocenters. The quantitative estimate of drug-likeness (QED) is 0.494. The molecule has 0 heterocycles. The van der Waals surface area contributed by atoms with Crippen LogP contribution in [0, 0.1) is 6.92 Å². The number of carbonyl (C=O) groups is 1. The molecular formula is C15H21NO2. The van der Waals surface area contributed by atoms with Crippen LogP contribution in [0.1, 0.15) is 54.4 Å². The molecule has 2 N–H and O–H groups in total. The number of esters is 1. The Morgan fingerprint density at radius 2 is 1.89 bits per heavy atom. The highest BCUT2D eigenvalue weighted by Gasteiger charge is 2.18. The number of hydrogen-bond acceptors (Lipinski definition) is 3. The van der Waals surface area contributed by atoms with E-state index in [1.165, 1.54) is 25.7 Å². The van der Waals surface area contributed by atoms with E-state index in [2.05, 4.69) is 0 Å². The minimum Gasteiger partial charge on any atom is -0.459 e. The Morgan fingerprint density at radius 1 is 1.22 bits per heavy atom. The molecule has 0 aromatic heterocycles. The van der Waals surface area contributed by atoms with E-state index in [1.807, 2.05) is 6.92 Å². The van der Waals surface area contributed by atoms with E-state index in [4.69, 9.17) is 10.5 Å². The van der Waals surface area contributed by atoms with Crippen molar-refractivity contribution in [3.8, 4) is 0 Å². The van der Waals surface area contributed by atoms with Crippen molar-refractivity contribution < 1.29 is 9.53 Å². The number of benzene rings is 1. The molecule has 1 fully saturated rings. The van der Waals surface area contributed by atoms with E-state index in [1.54, 1.807) is 18.2 Å². The molecule has 0 radical (unpaired) electrons. The van der Waals surface area contributed by atoms with Crippen LogP contribution in [0.25, 0.3) is 0 Å². The number of anilines is 1. The second-order valence-corrected chi connectivity index (χ2v) is 5.09. The minimum absolute atomic E-state index is 0.0952. The van der Waals surface area contributed by atoms with Crippen LogP contribution in [0.5, 0.6) is 0 Å². The van der Waals surface area contributed by atoms with Gasteiger partial charge in [0.2, 0.25) is 0 Å². The van der Waals surface area contributed by atoms with Gasteiger partial charge in [-0.1, -0.05) is 12.8 Å². The smallest absolute Gasteiger partial charge is 0.338 e. The Morgan fingerprint density at radius 3 is 2.50 bits per heavy atom. The largest absolute Gasteiger partial charge is 0.459 e. The van der Waals surface area contributed by atoms with Gasteiger partial charge < -0.3 is 10.5 Å². The number of ether oxygens (including phenoxy) is 1. The predicted octanol–water partition coefficient (Wildman–Crippen LogP) is 3.46. The highest BCUT2D eigenvalue weighted by Crippen LogP contribution is 2.21. The fraction of sp³-hybridized carbons (Fsp3) is 0.533. The molecular weight excluding hydrogens is 226 g/mol. The van der Waals surface area contributed by atoms with Gasteiger partial charge in [-0.3, -0.25) is 0 Å². The maximum atomic E-state index is 12.0. The molecule has 3 heteroatoms. The number of nitrogens with two attached hydrogens (primary N) is 1. The Bertz CT molecular complexity index is 421. The summed E-state index contributed by atoms with van der Waals surface area (Å²) in [6.45, 7) is 1.90. The van der Waals surface area contributed by atoms with Gasteiger partial charge in [-0.15, -0.1) is 0 Å². The molecule has 0 bridgehead atoms. The molecule has 1 aliphatic rings. The summed E-state index contributed by atoms with van der Waals surface area (Å²) in [6.07, 6.45) is 6.94. The van der Waals surface area contributed by atoms with Crippen LogP contribution >= 0.6 is 0 Å². The molecule has 0 spiro atoms. The molecule has 1 aromatic carbocycles. The number of aryl methyl sites for hydroxylation is 1. The lowest BCUT2D eigenvalue weighted by atomic mass is 10.1. The first-order chi connectivity index (χ1) is 8.66. The van der Waals surface area contributed by atoms with Gasteiger partial charge in [-0.25, -0.2) is 4.79 Å². The summed E-state index contributed by atoms with van der Waals surface area (Å²) in [7, 11) is 0. The lowest BCUT2D eigenvalue weighted by Gasteiger charge is -2.15. The molecule has 0 aliphatic heterocycles. The Hall–Kier alpha value is -1.51. The van der Waals surface area contributed by atoms with Gasteiger partial charge in [0.15, 0.2) is 0 Å². The Labute approximate surface area is 108 Å². The summed E-state index contributed by atoms with van der Waals surface area (Å²) in [5, 5.41) is 0. The summed E-state index contributed by atoms with van der Waals surface area (Å²) in [5.41, 5.74) is 7.98. The van der Waals surface area contributed by atoms with Crippen LogP contribution in [0.3, 0.4) is 0 Å². The summed E-state index contributed by atoms with van der Waals surface area (Å²) in [5.74, 6) is -0.218. The molecule has 18 heavy (non-hydrogen) atoms. The third kappa shape index (κ3) is 3.25. The monoisotopic (exact) mass is 247 g/mol. The number of carbonyl (C=O) groups excluding carboxylic acids is 1. The fourth-order valence-corrected chi connectivity index (χ4v) is 2.38. The maximum Gasteiger partial charge on any atom is 0.338 e. The average molecular weight is 247 g/mol. The standard InChI is InChI=1S/C15H21NO2/c1-11-10-12(8-9-14(11)16)15(17)18-13-6-4-2-3-5-7-13/h8-10,13H,2-7,16H2,1H3. The first-order valence-electron chi connectivity index (χ1n) is 6.74. The zero-order valence-corrected chi connectivity index (χ0v) is 10.9. The zero-order chi connectivity index (χ0) is 13.0. The molecule has 0 amide bonds. The summed E-state index contributed by atoms with van der Waals surface area (Å²) < 4.78 is 5.57. The molecule has 2 rings (SSSR count). The zero-order valence-electron chi connectivity index (χ0n) is 10.9. The van der Waals surface area contributed by atoms with Gasteiger partial charge in [0, 0.05) is 5.69 Å². The molecule has 1 saturated carbocycles. The molecule has 1 aliphatic carbocycles. The molecule has 1 aromatic rings. The topological polar surface area (TPSA) is 52.3 Å². The van der Waals surface area contributed by atoms with Crippen LogP contribution < -0.4 is 5.73 Å². The first-order valence-corrected chi connectivity index (χ1v) is 6.74. The van der Waals surface area contributed by atoms with Crippen LogP contribution in [-0.4, -0.2) is 12.1 Å². The van der Waals surface area contributed by atoms with E-state index in [-0.39, 0.29) is 12.1 Å². The summed E-state index contributed by atoms with van der Waals surface area (Å²) in [6, 6.07) is 5.30. The third-order valence-corrected chi connectivity index (χ3v) is 3.58. The molecule has 3 nitrogen and oxygen atoms in total. The van der Waals surface area contributed by atoms with E-state index < -0.39 is 0 Å². The molecule has 0 saturated heterocycles. The predicted molar refractivity (Wildman–Crippen MR) is 72.5 cm³/mol. The van der Waals surface area contributed by atoms with Crippen molar-refractivity contribution in [2.24, 2.45) is 0 Å². The summed E-state index contributed by atoms with van der Waals surface area (Å²) in [4.78, 5) is 12.0. The van der Waals surface area contributed by atoms with Crippen molar-refractivity contribution in [2.75, 3.05) is 5.73 Å². The molecule has 98 valence electrons. The van der Waals surface area contributed by atoms with Gasteiger partial charge in [0.1, 0.15) is 6.10 Å². The van der Waals surface area contributed by atoms with Crippen LogP contribution in [0.2, 0.25) is 0 Å². The highest BCUT2D eigenvalue weighted by atomic mass is 16.5. The van der Waals surface area contributed by atoms with Crippen molar-refractivity contribution in [1.29, 1.82) is 0 Å². The number of hydrogen-bond donors (Lipinski definition) is 1. The lowest BCUT2D eigenvalue weighted by Crippen LogP contribution is -2.17. The van der Waals surface area contributed by atoms with E-state index in [0.29, 0.717) is 11.3 Å². The second kappa shape index (κ2) is 5.89. The average Bonchev–Trinajstić information content (AvgIpc) is 2.61. The molecule has 0 atom stereocenters.